The van der Waals surface area contributed by atoms with Crippen molar-refractivity contribution in [3.8, 4) is 5.75 Å². The van der Waals surface area contributed by atoms with Crippen molar-refractivity contribution in [2.24, 2.45) is 0 Å². The molecule has 0 radical (unpaired) electrons. The fourth-order valence-electron chi connectivity index (χ4n) is 1.79. The SMILES string of the molecule is COc1ccc(N(C)C(=O)c2ccc(Br)c(N)c2)cc1. The Balaban J connectivity index is 2.24. The predicted octanol–water partition coefficient (Wildman–Crippen LogP) is 3.32. The van der Waals surface area contributed by atoms with Crippen LogP contribution in [0.1, 0.15) is 10.4 Å². The van der Waals surface area contributed by atoms with E-state index >= 15 is 0 Å². The number of benzene rings is 2. The van der Waals surface area contributed by atoms with Crippen molar-refractivity contribution in [3.63, 3.8) is 0 Å². The lowest BCUT2D eigenvalue weighted by atomic mass is 10.1. The molecular formula is C15H15BrN2O2. The summed E-state index contributed by atoms with van der Waals surface area (Å²) in [6.45, 7) is 0. The number of anilines is 2. The molecule has 0 heterocycles. The Kier molecular flexibility index (Phi) is 4.29. The normalized spacial score (nSPS) is 10.2. The van der Waals surface area contributed by atoms with Gasteiger partial charge in [-0.15, -0.1) is 0 Å². The molecule has 2 rings (SSSR count). The number of carbonyl (C=O) groups excluding carboxylic acids is 1. The third kappa shape index (κ3) is 2.93. The van der Waals surface area contributed by atoms with Gasteiger partial charge in [-0.05, 0) is 58.4 Å². The van der Waals surface area contributed by atoms with Gasteiger partial charge in [0.15, 0.2) is 0 Å². The average Bonchev–Trinajstić information content (AvgIpc) is 2.48. The van der Waals surface area contributed by atoms with Gasteiger partial charge in [0, 0.05) is 28.5 Å². The molecule has 0 saturated carbocycles. The number of nitrogen functional groups attached to an aromatic ring is 1. The van der Waals surface area contributed by atoms with Crippen LogP contribution in [0.5, 0.6) is 5.75 Å². The molecule has 1 amide bonds. The molecular weight excluding hydrogens is 320 g/mol. The summed E-state index contributed by atoms with van der Waals surface area (Å²) in [5, 5.41) is 0. The lowest BCUT2D eigenvalue weighted by Crippen LogP contribution is -2.26. The largest absolute Gasteiger partial charge is 0.497 e. The molecule has 0 spiro atoms. The Hall–Kier alpha value is -2.01. The van der Waals surface area contributed by atoms with Crippen LogP contribution in [0.4, 0.5) is 11.4 Å². The van der Waals surface area contributed by atoms with Crippen LogP contribution in [-0.4, -0.2) is 20.1 Å². The number of nitrogens with two attached hydrogens (primary N) is 1. The maximum absolute atomic E-state index is 12.4. The summed E-state index contributed by atoms with van der Waals surface area (Å²) in [6.07, 6.45) is 0. The first-order valence-corrected chi connectivity index (χ1v) is 6.79. The Morgan fingerprint density at radius 2 is 1.85 bits per heavy atom. The Morgan fingerprint density at radius 1 is 1.20 bits per heavy atom. The number of hydrogen-bond donors (Lipinski definition) is 1. The molecule has 0 fully saturated rings. The maximum atomic E-state index is 12.4. The van der Waals surface area contributed by atoms with E-state index < -0.39 is 0 Å². The highest BCUT2D eigenvalue weighted by Gasteiger charge is 2.14. The average molecular weight is 335 g/mol. The quantitative estimate of drug-likeness (QED) is 0.876. The summed E-state index contributed by atoms with van der Waals surface area (Å²) in [4.78, 5) is 14.0. The second-order valence-corrected chi connectivity index (χ2v) is 5.15. The van der Waals surface area contributed by atoms with Gasteiger partial charge in [-0.3, -0.25) is 4.79 Å². The van der Waals surface area contributed by atoms with E-state index in [1.54, 1.807) is 37.3 Å². The molecule has 4 nitrogen and oxygen atoms in total. The number of rotatable bonds is 3. The van der Waals surface area contributed by atoms with E-state index in [0.29, 0.717) is 11.3 Å². The molecule has 0 aliphatic rings. The lowest BCUT2D eigenvalue weighted by Gasteiger charge is -2.18. The van der Waals surface area contributed by atoms with Gasteiger partial charge in [0.1, 0.15) is 5.75 Å². The molecule has 2 aromatic carbocycles. The molecule has 0 aliphatic carbocycles. The molecule has 104 valence electrons. The third-order valence-corrected chi connectivity index (χ3v) is 3.73. The van der Waals surface area contributed by atoms with Gasteiger partial charge in [-0.2, -0.15) is 0 Å². The second kappa shape index (κ2) is 5.96. The molecule has 0 aromatic heterocycles. The molecule has 0 bridgehead atoms. The van der Waals surface area contributed by atoms with Gasteiger partial charge in [-0.25, -0.2) is 0 Å². The van der Waals surface area contributed by atoms with E-state index in [0.717, 1.165) is 15.9 Å². The molecule has 20 heavy (non-hydrogen) atoms. The van der Waals surface area contributed by atoms with Crippen LogP contribution in [0.2, 0.25) is 0 Å². The van der Waals surface area contributed by atoms with Crippen molar-refractivity contribution in [1.82, 2.24) is 0 Å². The van der Waals surface area contributed by atoms with Gasteiger partial charge in [0.2, 0.25) is 0 Å². The van der Waals surface area contributed by atoms with Crippen LogP contribution in [0, 0.1) is 0 Å². The minimum atomic E-state index is -0.116. The lowest BCUT2D eigenvalue weighted by molar-refractivity contribution is 0.0993. The van der Waals surface area contributed by atoms with Crippen molar-refractivity contribution in [2.75, 3.05) is 24.8 Å². The highest BCUT2D eigenvalue weighted by molar-refractivity contribution is 9.10. The van der Waals surface area contributed by atoms with Crippen molar-refractivity contribution in [1.29, 1.82) is 0 Å². The van der Waals surface area contributed by atoms with Crippen LogP contribution in [0.15, 0.2) is 46.9 Å². The van der Waals surface area contributed by atoms with E-state index in [9.17, 15) is 4.79 Å². The van der Waals surface area contributed by atoms with Gasteiger partial charge in [0.25, 0.3) is 5.91 Å². The second-order valence-electron chi connectivity index (χ2n) is 4.30. The number of carbonyl (C=O) groups is 1. The topological polar surface area (TPSA) is 55.6 Å². The molecule has 0 saturated heterocycles. The van der Waals surface area contributed by atoms with Crippen molar-refractivity contribution in [2.45, 2.75) is 0 Å². The highest BCUT2D eigenvalue weighted by Crippen LogP contribution is 2.23. The van der Waals surface area contributed by atoms with Crippen LogP contribution in [0.3, 0.4) is 0 Å². The number of hydrogen-bond acceptors (Lipinski definition) is 3. The van der Waals surface area contributed by atoms with Gasteiger partial charge in [-0.1, -0.05) is 0 Å². The minimum Gasteiger partial charge on any atom is -0.497 e. The number of nitrogens with zero attached hydrogens (tertiary/aromatic N) is 1. The van der Waals surface area contributed by atoms with Crippen LogP contribution in [-0.2, 0) is 0 Å². The number of ether oxygens (including phenoxy) is 1. The van der Waals surface area contributed by atoms with Crippen molar-refractivity contribution < 1.29 is 9.53 Å². The zero-order chi connectivity index (χ0) is 14.7. The third-order valence-electron chi connectivity index (χ3n) is 3.01. The molecule has 5 heteroatoms. The summed E-state index contributed by atoms with van der Waals surface area (Å²) in [5.41, 5.74) is 7.68. The first-order chi connectivity index (χ1) is 9.52. The monoisotopic (exact) mass is 334 g/mol. The van der Waals surface area contributed by atoms with Crippen LogP contribution < -0.4 is 15.4 Å². The van der Waals surface area contributed by atoms with Gasteiger partial charge >= 0.3 is 0 Å². The summed E-state index contributed by atoms with van der Waals surface area (Å²) in [5.74, 6) is 0.636. The molecule has 0 aliphatic heterocycles. The van der Waals surface area contributed by atoms with Crippen LogP contribution in [0.25, 0.3) is 0 Å². The molecule has 2 aromatic rings. The highest BCUT2D eigenvalue weighted by atomic mass is 79.9. The summed E-state index contributed by atoms with van der Waals surface area (Å²) in [6, 6.07) is 12.5. The molecule has 0 atom stereocenters. The fourth-order valence-corrected chi connectivity index (χ4v) is 2.04. The first-order valence-electron chi connectivity index (χ1n) is 6.00. The smallest absolute Gasteiger partial charge is 0.258 e. The zero-order valence-corrected chi connectivity index (χ0v) is 12.8. The van der Waals surface area contributed by atoms with Crippen molar-refractivity contribution in [3.05, 3.63) is 52.5 Å². The van der Waals surface area contributed by atoms with Gasteiger partial charge in [0.05, 0.1) is 7.11 Å². The Bertz CT molecular complexity index is 626. The zero-order valence-electron chi connectivity index (χ0n) is 11.3. The predicted molar refractivity (Wildman–Crippen MR) is 84.3 cm³/mol. The summed E-state index contributed by atoms with van der Waals surface area (Å²) >= 11 is 3.31. The van der Waals surface area contributed by atoms with E-state index in [1.165, 1.54) is 0 Å². The summed E-state index contributed by atoms with van der Waals surface area (Å²) in [7, 11) is 3.33. The maximum Gasteiger partial charge on any atom is 0.258 e. The number of amides is 1. The first kappa shape index (κ1) is 14.4. The van der Waals surface area contributed by atoms with Crippen molar-refractivity contribution >= 4 is 33.2 Å². The fraction of sp³-hybridized carbons (Fsp3) is 0.133. The Labute approximate surface area is 126 Å². The standard InChI is InChI=1S/C15H15BrN2O2/c1-18(11-4-6-12(20-2)7-5-11)15(19)10-3-8-13(16)14(17)9-10/h3-9H,17H2,1-2H3. The van der Waals surface area contributed by atoms with E-state index in [1.807, 2.05) is 24.3 Å². The summed E-state index contributed by atoms with van der Waals surface area (Å²) < 4.78 is 5.88. The molecule has 0 unspecified atom stereocenters. The Morgan fingerprint density at radius 3 is 2.40 bits per heavy atom. The minimum absolute atomic E-state index is 0.116. The van der Waals surface area contributed by atoms with E-state index in [-0.39, 0.29) is 5.91 Å². The number of halogens is 1. The van der Waals surface area contributed by atoms with Gasteiger partial charge < -0.3 is 15.4 Å². The van der Waals surface area contributed by atoms with Crippen LogP contribution >= 0.6 is 15.9 Å². The molecule has 2 N–H and O–H groups in total. The number of methoxy groups -OCH3 is 1. The van der Waals surface area contributed by atoms with E-state index in [4.69, 9.17) is 10.5 Å². The van der Waals surface area contributed by atoms with E-state index in [2.05, 4.69) is 15.9 Å².